The molecule has 0 saturated carbocycles. The first-order chi connectivity index (χ1) is 8.49. The van der Waals surface area contributed by atoms with Gasteiger partial charge in [-0.05, 0) is 18.8 Å². The quantitative estimate of drug-likeness (QED) is 0.542. The average molecular weight is 255 g/mol. The molecule has 1 heterocycles. The molecule has 8 nitrogen and oxygen atoms in total. The van der Waals surface area contributed by atoms with Crippen molar-refractivity contribution in [2.45, 2.75) is 26.2 Å². The third-order valence-electron chi connectivity index (χ3n) is 2.49. The molecule has 0 aliphatic carbocycles. The second kappa shape index (κ2) is 6.58. The third kappa shape index (κ3) is 4.81. The molecule has 1 amide bonds. The summed E-state index contributed by atoms with van der Waals surface area (Å²) in [5.41, 5.74) is 5.27. The van der Waals surface area contributed by atoms with Crippen molar-refractivity contribution in [3.63, 3.8) is 0 Å². The van der Waals surface area contributed by atoms with E-state index in [-0.39, 0.29) is 30.0 Å². The van der Waals surface area contributed by atoms with Crippen LogP contribution in [0.5, 0.6) is 0 Å². The van der Waals surface area contributed by atoms with Gasteiger partial charge in [0.2, 0.25) is 11.8 Å². The van der Waals surface area contributed by atoms with Crippen LogP contribution >= 0.6 is 0 Å². The Morgan fingerprint density at radius 3 is 2.78 bits per heavy atom. The first kappa shape index (κ1) is 13.9. The monoisotopic (exact) mass is 255 g/mol. The zero-order chi connectivity index (χ0) is 13.5. The van der Waals surface area contributed by atoms with Crippen molar-refractivity contribution >= 4 is 17.8 Å². The molecule has 1 unspecified atom stereocenters. The van der Waals surface area contributed by atoms with Crippen LogP contribution in [-0.4, -0.2) is 38.7 Å². The smallest absolute Gasteiger partial charge is 0.303 e. The number of nitrogen functional groups attached to an aromatic ring is 1. The van der Waals surface area contributed by atoms with E-state index in [1.165, 1.54) is 0 Å². The summed E-state index contributed by atoms with van der Waals surface area (Å²) in [6.45, 7) is 2.40. The second-order valence-corrected chi connectivity index (χ2v) is 4.12. The van der Waals surface area contributed by atoms with Gasteiger partial charge in [0.15, 0.2) is 0 Å². The minimum Gasteiger partial charge on any atom is -0.481 e. The molecule has 100 valence electrons. The summed E-state index contributed by atoms with van der Waals surface area (Å²) in [6, 6.07) is 0. The zero-order valence-electron chi connectivity index (χ0n) is 10.1. The molecule has 0 aliphatic rings. The normalized spacial score (nSPS) is 12.1. The van der Waals surface area contributed by atoms with Gasteiger partial charge < -0.3 is 16.2 Å². The number of nitrogens with one attached hydrogen (secondary N) is 2. The number of hydrogen-bond acceptors (Lipinski definition) is 5. The third-order valence-corrected chi connectivity index (χ3v) is 2.49. The van der Waals surface area contributed by atoms with Crippen molar-refractivity contribution in [1.29, 1.82) is 0 Å². The van der Waals surface area contributed by atoms with E-state index in [0.717, 1.165) is 0 Å². The highest BCUT2D eigenvalue weighted by molar-refractivity contribution is 5.90. The van der Waals surface area contributed by atoms with E-state index in [1.54, 1.807) is 0 Å². The van der Waals surface area contributed by atoms with E-state index in [2.05, 4.69) is 20.5 Å². The Labute approximate surface area is 104 Å². The largest absolute Gasteiger partial charge is 0.481 e. The van der Waals surface area contributed by atoms with Crippen LogP contribution in [0.2, 0.25) is 0 Å². The van der Waals surface area contributed by atoms with Gasteiger partial charge in [-0.3, -0.25) is 14.7 Å². The highest BCUT2D eigenvalue weighted by atomic mass is 16.4. The number of amides is 1. The number of rotatable bonds is 7. The topological polar surface area (TPSA) is 134 Å². The Morgan fingerprint density at radius 1 is 1.50 bits per heavy atom. The summed E-state index contributed by atoms with van der Waals surface area (Å²) < 4.78 is 0. The van der Waals surface area contributed by atoms with Gasteiger partial charge in [0.25, 0.3) is 5.91 Å². The number of H-pyrrole nitrogens is 1. The molecule has 1 aromatic rings. The summed E-state index contributed by atoms with van der Waals surface area (Å²) >= 11 is 0. The van der Waals surface area contributed by atoms with E-state index in [1.807, 2.05) is 6.92 Å². The summed E-state index contributed by atoms with van der Waals surface area (Å²) in [7, 11) is 0. The lowest BCUT2D eigenvalue weighted by Gasteiger charge is -2.09. The Morgan fingerprint density at radius 2 is 2.22 bits per heavy atom. The molecular formula is C10H17N5O3. The Bertz CT molecular complexity index is 417. The lowest BCUT2D eigenvalue weighted by Crippen LogP contribution is -2.26. The number of nitrogens with two attached hydrogens (primary N) is 1. The molecule has 0 bridgehead atoms. The van der Waals surface area contributed by atoms with Crippen LogP contribution in [0, 0.1) is 5.92 Å². The SMILES string of the molecule is CC(CCNC(=O)c1nc(N)n[nH]1)CCC(=O)O. The molecule has 0 fully saturated rings. The van der Waals surface area contributed by atoms with Gasteiger partial charge in [-0.15, -0.1) is 5.10 Å². The van der Waals surface area contributed by atoms with Crippen LogP contribution in [-0.2, 0) is 4.79 Å². The molecule has 1 aromatic heterocycles. The van der Waals surface area contributed by atoms with Gasteiger partial charge in [0.05, 0.1) is 0 Å². The van der Waals surface area contributed by atoms with Gasteiger partial charge in [-0.2, -0.15) is 4.98 Å². The second-order valence-electron chi connectivity index (χ2n) is 4.12. The van der Waals surface area contributed by atoms with Gasteiger partial charge in [-0.25, -0.2) is 0 Å². The number of carboxylic acid groups (broad SMARTS) is 1. The standard InChI is InChI=1S/C10H17N5O3/c1-6(2-3-7(16)17)4-5-12-9(18)8-13-10(11)15-14-8/h6H,2-5H2,1H3,(H,12,18)(H,16,17)(H3,11,13,14,15). The van der Waals surface area contributed by atoms with Crippen molar-refractivity contribution in [1.82, 2.24) is 20.5 Å². The van der Waals surface area contributed by atoms with Crippen LogP contribution in [0.15, 0.2) is 0 Å². The highest BCUT2D eigenvalue weighted by Gasteiger charge is 2.11. The van der Waals surface area contributed by atoms with E-state index >= 15 is 0 Å². The summed E-state index contributed by atoms with van der Waals surface area (Å²) in [5, 5.41) is 17.1. The number of aromatic nitrogens is 3. The Hall–Kier alpha value is -2.12. The fourth-order valence-electron chi connectivity index (χ4n) is 1.41. The van der Waals surface area contributed by atoms with Crippen molar-refractivity contribution in [3.05, 3.63) is 5.82 Å². The van der Waals surface area contributed by atoms with E-state index in [9.17, 15) is 9.59 Å². The number of carboxylic acids is 1. The summed E-state index contributed by atoms with van der Waals surface area (Å²) in [4.78, 5) is 25.6. The fourth-order valence-corrected chi connectivity index (χ4v) is 1.41. The minimum atomic E-state index is -0.803. The Balaban J connectivity index is 2.21. The molecule has 8 heteroatoms. The van der Waals surface area contributed by atoms with Gasteiger partial charge >= 0.3 is 5.97 Å². The number of anilines is 1. The number of hydrogen-bond donors (Lipinski definition) is 4. The average Bonchev–Trinajstić information content (AvgIpc) is 2.73. The predicted octanol–water partition coefficient (Wildman–Crippen LogP) is 0.00770. The van der Waals surface area contributed by atoms with E-state index in [4.69, 9.17) is 10.8 Å². The maximum absolute atomic E-state index is 11.5. The fraction of sp³-hybridized carbons (Fsp3) is 0.600. The number of aliphatic carboxylic acids is 1. The van der Waals surface area contributed by atoms with Crippen LogP contribution < -0.4 is 11.1 Å². The van der Waals surface area contributed by atoms with Crippen molar-refractivity contribution in [2.24, 2.45) is 5.92 Å². The molecule has 0 radical (unpaired) electrons. The summed E-state index contributed by atoms with van der Waals surface area (Å²) in [6.07, 6.45) is 1.46. The molecule has 1 rings (SSSR count). The van der Waals surface area contributed by atoms with Crippen LogP contribution in [0.4, 0.5) is 5.95 Å². The highest BCUT2D eigenvalue weighted by Crippen LogP contribution is 2.09. The van der Waals surface area contributed by atoms with Gasteiger partial charge in [-0.1, -0.05) is 6.92 Å². The van der Waals surface area contributed by atoms with Crippen LogP contribution in [0.25, 0.3) is 0 Å². The summed E-state index contributed by atoms with van der Waals surface area (Å²) in [5.74, 6) is -0.838. The molecule has 1 atom stereocenters. The zero-order valence-corrected chi connectivity index (χ0v) is 10.1. The van der Waals surface area contributed by atoms with Gasteiger partial charge in [0, 0.05) is 13.0 Å². The van der Waals surface area contributed by atoms with Crippen LogP contribution in [0.3, 0.4) is 0 Å². The van der Waals surface area contributed by atoms with E-state index < -0.39 is 5.97 Å². The number of aromatic amines is 1. The molecule has 5 N–H and O–H groups in total. The molecule has 18 heavy (non-hydrogen) atoms. The number of carbonyl (C=O) groups excluding carboxylic acids is 1. The minimum absolute atomic E-state index is 0.0231. The van der Waals surface area contributed by atoms with E-state index in [0.29, 0.717) is 19.4 Å². The van der Waals surface area contributed by atoms with Crippen molar-refractivity contribution in [2.75, 3.05) is 12.3 Å². The molecular weight excluding hydrogens is 238 g/mol. The first-order valence-electron chi connectivity index (χ1n) is 5.67. The van der Waals surface area contributed by atoms with Crippen molar-refractivity contribution in [3.8, 4) is 0 Å². The number of carbonyl (C=O) groups is 2. The molecule has 0 saturated heterocycles. The first-order valence-corrected chi connectivity index (χ1v) is 5.67. The molecule has 0 aliphatic heterocycles. The number of nitrogens with zero attached hydrogens (tertiary/aromatic N) is 2. The maximum Gasteiger partial charge on any atom is 0.303 e. The van der Waals surface area contributed by atoms with Gasteiger partial charge in [0.1, 0.15) is 0 Å². The van der Waals surface area contributed by atoms with Crippen LogP contribution in [0.1, 0.15) is 36.8 Å². The Kier molecular flexibility index (Phi) is 5.09. The predicted molar refractivity (Wildman–Crippen MR) is 63.8 cm³/mol. The lowest BCUT2D eigenvalue weighted by molar-refractivity contribution is -0.137. The van der Waals surface area contributed by atoms with Crippen molar-refractivity contribution < 1.29 is 14.7 Å². The lowest BCUT2D eigenvalue weighted by atomic mass is 10.0. The molecule has 0 aromatic carbocycles. The molecule has 0 spiro atoms. The maximum atomic E-state index is 11.5.